The number of rotatable bonds is 9. The molecule has 1 atom stereocenters. The third kappa shape index (κ3) is 5.63. The van der Waals surface area contributed by atoms with Crippen LogP contribution in [0, 0.1) is 12.3 Å². The molecule has 1 fully saturated rings. The normalized spacial score (nSPS) is 15.9. The lowest BCUT2D eigenvalue weighted by Crippen LogP contribution is -2.29. The fourth-order valence-electron chi connectivity index (χ4n) is 3.85. The Balaban J connectivity index is 1.71. The monoisotopic (exact) mass is 432 g/mol. The lowest BCUT2D eigenvalue weighted by atomic mass is 9.66. The number of aryl methyl sites for hydroxylation is 1. The van der Waals surface area contributed by atoms with Crippen LogP contribution in [-0.2, 0) is 17.4 Å². The van der Waals surface area contributed by atoms with Crippen molar-refractivity contribution in [2.45, 2.75) is 51.0 Å². The number of benzene rings is 2. The van der Waals surface area contributed by atoms with E-state index >= 15 is 0 Å². The summed E-state index contributed by atoms with van der Waals surface area (Å²) in [4.78, 5) is 25.6. The number of hydrogen-bond donors (Lipinski definition) is 2. The lowest BCUT2D eigenvalue weighted by molar-refractivity contribution is -0.137. The van der Waals surface area contributed by atoms with Gasteiger partial charge in [0.25, 0.3) is 0 Å². The molecule has 3 rings (SSSR count). The topological polar surface area (TPSA) is 74.6 Å². The van der Waals surface area contributed by atoms with Crippen molar-refractivity contribution in [3.05, 3.63) is 70.8 Å². The van der Waals surface area contributed by atoms with Gasteiger partial charge in [0.1, 0.15) is 5.78 Å². The van der Waals surface area contributed by atoms with Gasteiger partial charge in [-0.1, -0.05) is 48.0 Å². The van der Waals surface area contributed by atoms with Crippen molar-refractivity contribution in [1.29, 1.82) is 0 Å². The van der Waals surface area contributed by atoms with Crippen LogP contribution in [0.25, 0.3) is 0 Å². The molecule has 164 valence electrons. The third-order valence-electron chi connectivity index (χ3n) is 5.96. The Labute approximate surface area is 179 Å². The molecule has 0 radical (unpaired) electrons. The van der Waals surface area contributed by atoms with Crippen LogP contribution in [0.3, 0.4) is 0 Å². The molecule has 0 aromatic heterocycles. The quantitative estimate of drug-likeness (QED) is 0.455. The van der Waals surface area contributed by atoms with Gasteiger partial charge in [-0.2, -0.15) is 13.2 Å². The van der Waals surface area contributed by atoms with Crippen LogP contribution >= 0.6 is 0 Å². The minimum Gasteiger partial charge on any atom is -0.427 e. The number of Topliss-reactive ketones (excluding diaryl/α,β-unsaturated/α-hetero) is 2. The zero-order valence-electron chi connectivity index (χ0n) is 17.2. The zero-order chi connectivity index (χ0) is 22.8. The van der Waals surface area contributed by atoms with Crippen molar-refractivity contribution in [3.8, 4) is 0 Å². The standard InChI is InChI=1S/C23H24BF3O4/c1-15-6-8-16(9-7-15)12-17(24(30)31)13-21(29)22(10-11-22)14-20(28)18-4-2-3-5-19(18)23(25,26)27/h2-9,17,30-31H,10-14H2,1H3/t17-/m1/s1. The van der Waals surface area contributed by atoms with Crippen LogP contribution in [0.1, 0.15) is 52.7 Å². The van der Waals surface area contributed by atoms with Gasteiger partial charge >= 0.3 is 13.3 Å². The van der Waals surface area contributed by atoms with Gasteiger partial charge < -0.3 is 10.0 Å². The number of halogens is 3. The molecule has 0 spiro atoms. The van der Waals surface area contributed by atoms with Gasteiger partial charge in [-0.05, 0) is 37.8 Å². The highest BCUT2D eigenvalue weighted by Crippen LogP contribution is 2.52. The minimum absolute atomic E-state index is 0.153. The Morgan fingerprint density at radius 1 is 1.06 bits per heavy atom. The maximum absolute atomic E-state index is 13.2. The van der Waals surface area contributed by atoms with Crippen molar-refractivity contribution in [2.24, 2.45) is 5.41 Å². The van der Waals surface area contributed by atoms with Crippen LogP contribution in [0.2, 0.25) is 5.82 Å². The van der Waals surface area contributed by atoms with Gasteiger partial charge in [0, 0.05) is 29.6 Å². The Morgan fingerprint density at radius 3 is 2.23 bits per heavy atom. The molecular weight excluding hydrogens is 408 g/mol. The average Bonchev–Trinajstić information content (AvgIpc) is 3.49. The van der Waals surface area contributed by atoms with Crippen molar-refractivity contribution >= 4 is 18.7 Å². The molecule has 4 nitrogen and oxygen atoms in total. The highest BCUT2D eigenvalue weighted by Gasteiger charge is 2.51. The minimum atomic E-state index is -4.66. The van der Waals surface area contributed by atoms with Crippen LogP contribution in [0.5, 0.6) is 0 Å². The van der Waals surface area contributed by atoms with E-state index in [-0.39, 0.29) is 25.0 Å². The highest BCUT2D eigenvalue weighted by molar-refractivity contribution is 6.43. The summed E-state index contributed by atoms with van der Waals surface area (Å²) >= 11 is 0. The molecule has 0 bridgehead atoms. The van der Waals surface area contributed by atoms with Crippen LogP contribution in [0.4, 0.5) is 13.2 Å². The molecule has 1 aliphatic rings. The smallest absolute Gasteiger partial charge is 0.427 e. The molecular formula is C23H24BF3O4. The summed E-state index contributed by atoms with van der Waals surface area (Å²) < 4.78 is 39.7. The summed E-state index contributed by atoms with van der Waals surface area (Å²) in [5.74, 6) is -1.79. The first-order valence-corrected chi connectivity index (χ1v) is 10.2. The first-order chi connectivity index (χ1) is 14.5. The summed E-state index contributed by atoms with van der Waals surface area (Å²) in [7, 11) is -1.72. The molecule has 31 heavy (non-hydrogen) atoms. The van der Waals surface area contributed by atoms with Gasteiger partial charge in [0.05, 0.1) is 5.56 Å². The predicted octanol–water partition coefficient (Wildman–Crippen LogP) is 4.41. The fourth-order valence-corrected chi connectivity index (χ4v) is 3.85. The lowest BCUT2D eigenvalue weighted by Gasteiger charge is -2.20. The first kappa shape index (κ1) is 23.2. The van der Waals surface area contributed by atoms with Crippen LogP contribution < -0.4 is 0 Å². The molecule has 0 aliphatic heterocycles. The van der Waals surface area contributed by atoms with E-state index in [4.69, 9.17) is 0 Å². The van der Waals surface area contributed by atoms with Crippen molar-refractivity contribution in [1.82, 2.24) is 0 Å². The fraction of sp³-hybridized carbons (Fsp3) is 0.391. The Kier molecular flexibility index (Phi) is 6.72. The van der Waals surface area contributed by atoms with Gasteiger partial charge in [-0.25, -0.2) is 0 Å². The van der Waals surface area contributed by atoms with Crippen LogP contribution in [-0.4, -0.2) is 28.7 Å². The van der Waals surface area contributed by atoms with Crippen molar-refractivity contribution < 1.29 is 32.8 Å². The van der Waals surface area contributed by atoms with Gasteiger partial charge in [-0.3, -0.25) is 9.59 Å². The van der Waals surface area contributed by atoms with E-state index in [1.165, 1.54) is 12.1 Å². The van der Waals surface area contributed by atoms with E-state index in [0.29, 0.717) is 12.8 Å². The summed E-state index contributed by atoms with van der Waals surface area (Å²) in [6.45, 7) is 1.93. The number of hydrogen-bond acceptors (Lipinski definition) is 4. The third-order valence-corrected chi connectivity index (χ3v) is 5.96. The van der Waals surface area contributed by atoms with E-state index < -0.39 is 41.4 Å². The second-order valence-corrected chi connectivity index (χ2v) is 8.41. The zero-order valence-corrected chi connectivity index (χ0v) is 17.2. The largest absolute Gasteiger partial charge is 0.455 e. The molecule has 0 amide bonds. The van der Waals surface area contributed by atoms with Gasteiger partial charge in [-0.15, -0.1) is 0 Å². The van der Waals surface area contributed by atoms with E-state index in [9.17, 15) is 32.8 Å². The second kappa shape index (κ2) is 8.97. The average molecular weight is 432 g/mol. The number of carbonyl (C=O) groups is 2. The molecule has 2 N–H and O–H groups in total. The maximum Gasteiger partial charge on any atom is 0.455 e. The van der Waals surface area contributed by atoms with E-state index in [0.717, 1.165) is 23.3 Å². The molecule has 1 aliphatic carbocycles. The Bertz CT molecular complexity index is 950. The molecule has 0 unspecified atom stereocenters. The summed E-state index contributed by atoms with van der Waals surface area (Å²) in [6, 6.07) is 12.0. The summed E-state index contributed by atoms with van der Waals surface area (Å²) in [6.07, 6.45) is -4.04. The Morgan fingerprint density at radius 2 is 1.68 bits per heavy atom. The molecule has 0 heterocycles. The highest BCUT2D eigenvalue weighted by atomic mass is 19.4. The molecule has 0 saturated heterocycles. The van der Waals surface area contributed by atoms with E-state index in [1.807, 2.05) is 31.2 Å². The molecule has 2 aromatic carbocycles. The number of carbonyl (C=O) groups excluding carboxylic acids is 2. The predicted molar refractivity (Wildman–Crippen MR) is 111 cm³/mol. The number of ketones is 2. The van der Waals surface area contributed by atoms with Gasteiger partial charge in [0.2, 0.25) is 0 Å². The van der Waals surface area contributed by atoms with Crippen LogP contribution in [0.15, 0.2) is 48.5 Å². The van der Waals surface area contributed by atoms with E-state index in [2.05, 4.69) is 0 Å². The summed E-state index contributed by atoms with van der Waals surface area (Å²) in [5.41, 5.74) is -0.568. The Hall–Kier alpha value is -2.45. The first-order valence-electron chi connectivity index (χ1n) is 10.2. The SMILES string of the molecule is Cc1ccc(C[C@H](CC(=O)C2(CC(=O)c3ccccc3C(F)(F)F)CC2)B(O)O)cc1. The molecule has 1 saturated carbocycles. The molecule has 8 heteroatoms. The van der Waals surface area contributed by atoms with Crippen molar-refractivity contribution in [2.75, 3.05) is 0 Å². The maximum atomic E-state index is 13.2. The second-order valence-electron chi connectivity index (χ2n) is 8.41. The van der Waals surface area contributed by atoms with E-state index in [1.54, 1.807) is 0 Å². The number of alkyl halides is 3. The molecule has 2 aromatic rings. The van der Waals surface area contributed by atoms with Gasteiger partial charge in [0.15, 0.2) is 5.78 Å². The summed E-state index contributed by atoms with van der Waals surface area (Å²) in [5, 5.41) is 19.5. The van der Waals surface area contributed by atoms with Crippen molar-refractivity contribution in [3.63, 3.8) is 0 Å².